The number of primary amides is 1. The van der Waals surface area contributed by atoms with E-state index in [0.29, 0.717) is 12.6 Å². The van der Waals surface area contributed by atoms with Crippen LogP contribution in [0.25, 0.3) is 0 Å². The highest BCUT2D eigenvalue weighted by Gasteiger charge is 2.24. The van der Waals surface area contributed by atoms with E-state index >= 15 is 0 Å². The maximum atomic E-state index is 11.2. The van der Waals surface area contributed by atoms with Gasteiger partial charge in [-0.15, -0.1) is 0 Å². The number of hydrogen-bond donors (Lipinski definition) is 2. The van der Waals surface area contributed by atoms with Gasteiger partial charge in [0.15, 0.2) is 0 Å². The SMILES string of the molecule is NC(=O)CN(CCC1CCCNC1)C1CCCC1. The van der Waals surface area contributed by atoms with Gasteiger partial charge in [-0.05, 0) is 57.7 Å². The van der Waals surface area contributed by atoms with Crippen LogP contribution in [-0.4, -0.2) is 43.0 Å². The molecular weight excluding hydrogens is 226 g/mol. The molecule has 0 spiro atoms. The zero-order valence-corrected chi connectivity index (χ0v) is 11.4. The molecule has 1 amide bonds. The van der Waals surface area contributed by atoms with Crippen LogP contribution < -0.4 is 11.1 Å². The number of amides is 1. The van der Waals surface area contributed by atoms with Gasteiger partial charge in [0.05, 0.1) is 6.54 Å². The normalized spacial score (nSPS) is 25.7. The van der Waals surface area contributed by atoms with Crippen molar-refractivity contribution in [3.05, 3.63) is 0 Å². The maximum Gasteiger partial charge on any atom is 0.231 e. The molecule has 1 saturated heterocycles. The van der Waals surface area contributed by atoms with Gasteiger partial charge in [0, 0.05) is 6.04 Å². The van der Waals surface area contributed by atoms with Crippen LogP contribution in [0.3, 0.4) is 0 Å². The largest absolute Gasteiger partial charge is 0.369 e. The highest BCUT2D eigenvalue weighted by atomic mass is 16.1. The van der Waals surface area contributed by atoms with Crippen molar-refractivity contribution >= 4 is 5.91 Å². The predicted molar refractivity (Wildman–Crippen MR) is 73.2 cm³/mol. The first-order chi connectivity index (χ1) is 8.75. The lowest BCUT2D eigenvalue weighted by molar-refractivity contribution is -0.119. The molecule has 4 nitrogen and oxygen atoms in total. The van der Waals surface area contributed by atoms with E-state index in [9.17, 15) is 4.79 Å². The molecule has 3 N–H and O–H groups in total. The molecule has 2 aliphatic rings. The van der Waals surface area contributed by atoms with Gasteiger partial charge in [0.1, 0.15) is 0 Å². The summed E-state index contributed by atoms with van der Waals surface area (Å²) in [5.74, 6) is 0.610. The lowest BCUT2D eigenvalue weighted by atomic mass is 9.95. The van der Waals surface area contributed by atoms with Gasteiger partial charge in [0.2, 0.25) is 5.91 Å². The van der Waals surface area contributed by atoms with E-state index in [1.807, 2.05) is 0 Å². The second kappa shape index (κ2) is 7.10. The molecule has 104 valence electrons. The Morgan fingerprint density at radius 1 is 1.22 bits per heavy atom. The monoisotopic (exact) mass is 253 g/mol. The van der Waals surface area contributed by atoms with E-state index < -0.39 is 0 Å². The van der Waals surface area contributed by atoms with Crippen molar-refractivity contribution in [2.45, 2.75) is 51.0 Å². The summed E-state index contributed by atoms with van der Waals surface area (Å²) < 4.78 is 0. The quantitative estimate of drug-likeness (QED) is 0.745. The number of piperidine rings is 1. The van der Waals surface area contributed by atoms with Crippen molar-refractivity contribution < 1.29 is 4.79 Å². The fourth-order valence-corrected chi connectivity index (χ4v) is 3.38. The van der Waals surface area contributed by atoms with Crippen molar-refractivity contribution in [3.63, 3.8) is 0 Å². The van der Waals surface area contributed by atoms with Crippen LogP contribution in [0.5, 0.6) is 0 Å². The van der Waals surface area contributed by atoms with Gasteiger partial charge in [-0.25, -0.2) is 0 Å². The summed E-state index contributed by atoms with van der Waals surface area (Å²) in [5, 5.41) is 3.46. The molecule has 0 aromatic heterocycles. The Bertz CT molecular complexity index is 258. The van der Waals surface area contributed by atoms with E-state index in [2.05, 4.69) is 10.2 Å². The fourth-order valence-electron chi connectivity index (χ4n) is 3.38. The van der Waals surface area contributed by atoms with Crippen LogP contribution in [-0.2, 0) is 4.79 Å². The number of nitrogens with two attached hydrogens (primary N) is 1. The van der Waals surface area contributed by atoms with E-state index in [4.69, 9.17) is 5.73 Å². The third-order valence-electron chi connectivity index (χ3n) is 4.42. The zero-order chi connectivity index (χ0) is 12.8. The van der Waals surface area contributed by atoms with Crippen molar-refractivity contribution in [1.29, 1.82) is 0 Å². The summed E-state index contributed by atoms with van der Waals surface area (Å²) in [6.45, 7) is 3.81. The predicted octanol–water partition coefficient (Wildman–Crippen LogP) is 1.11. The van der Waals surface area contributed by atoms with Crippen LogP contribution in [0.2, 0.25) is 0 Å². The number of carbonyl (C=O) groups is 1. The second-order valence-corrected chi connectivity index (χ2v) is 5.88. The van der Waals surface area contributed by atoms with Gasteiger partial charge in [0.25, 0.3) is 0 Å². The molecule has 0 radical (unpaired) electrons. The highest BCUT2D eigenvalue weighted by molar-refractivity contribution is 5.75. The van der Waals surface area contributed by atoms with E-state index in [1.54, 1.807) is 0 Å². The molecule has 0 aromatic rings. The van der Waals surface area contributed by atoms with Crippen LogP contribution >= 0.6 is 0 Å². The number of carbonyl (C=O) groups excluding carboxylic acids is 1. The topological polar surface area (TPSA) is 58.4 Å². The summed E-state index contributed by atoms with van der Waals surface area (Å²) in [7, 11) is 0. The molecule has 0 aromatic carbocycles. The minimum absolute atomic E-state index is 0.177. The number of nitrogens with one attached hydrogen (secondary N) is 1. The van der Waals surface area contributed by atoms with Crippen molar-refractivity contribution in [3.8, 4) is 0 Å². The summed E-state index contributed by atoms with van der Waals surface area (Å²) >= 11 is 0. The standard InChI is InChI=1S/C14H27N3O/c15-14(18)11-17(13-5-1-2-6-13)9-7-12-4-3-8-16-10-12/h12-13,16H,1-11H2,(H2,15,18). The smallest absolute Gasteiger partial charge is 0.231 e. The number of hydrogen-bond acceptors (Lipinski definition) is 3. The minimum Gasteiger partial charge on any atom is -0.369 e. The molecule has 1 saturated carbocycles. The zero-order valence-electron chi connectivity index (χ0n) is 11.4. The molecular formula is C14H27N3O. The summed E-state index contributed by atoms with van der Waals surface area (Å²) in [6, 6.07) is 0.606. The third-order valence-corrected chi connectivity index (χ3v) is 4.42. The molecule has 2 fully saturated rings. The molecule has 4 heteroatoms. The molecule has 1 heterocycles. The Kier molecular flexibility index (Phi) is 5.45. The van der Waals surface area contributed by atoms with Crippen LogP contribution in [0.15, 0.2) is 0 Å². The second-order valence-electron chi connectivity index (χ2n) is 5.88. The molecule has 1 aliphatic heterocycles. The highest BCUT2D eigenvalue weighted by Crippen LogP contribution is 2.24. The molecule has 2 rings (SSSR count). The van der Waals surface area contributed by atoms with Crippen LogP contribution in [0, 0.1) is 5.92 Å². The van der Waals surface area contributed by atoms with Crippen molar-refractivity contribution in [1.82, 2.24) is 10.2 Å². The Hall–Kier alpha value is -0.610. The van der Waals surface area contributed by atoms with Gasteiger partial charge in [-0.3, -0.25) is 9.69 Å². The molecule has 18 heavy (non-hydrogen) atoms. The first kappa shape index (κ1) is 13.8. The first-order valence-electron chi connectivity index (χ1n) is 7.49. The van der Waals surface area contributed by atoms with E-state index in [1.165, 1.54) is 51.5 Å². The summed E-state index contributed by atoms with van der Waals surface area (Å²) in [6.07, 6.45) is 8.95. The van der Waals surface area contributed by atoms with Crippen LogP contribution in [0.1, 0.15) is 44.9 Å². The van der Waals surface area contributed by atoms with Crippen LogP contribution in [0.4, 0.5) is 0 Å². The number of nitrogens with zero attached hydrogens (tertiary/aromatic N) is 1. The summed E-state index contributed by atoms with van der Waals surface area (Å²) in [4.78, 5) is 13.5. The van der Waals surface area contributed by atoms with Gasteiger partial charge in [-0.2, -0.15) is 0 Å². The Labute approximate surface area is 110 Å². The van der Waals surface area contributed by atoms with Gasteiger partial charge < -0.3 is 11.1 Å². The van der Waals surface area contributed by atoms with E-state index in [0.717, 1.165) is 19.0 Å². The molecule has 1 unspecified atom stereocenters. The Morgan fingerprint density at radius 2 is 2.00 bits per heavy atom. The Morgan fingerprint density at radius 3 is 2.61 bits per heavy atom. The third kappa shape index (κ3) is 4.25. The summed E-state index contributed by atoms with van der Waals surface area (Å²) in [5.41, 5.74) is 5.38. The fraction of sp³-hybridized carbons (Fsp3) is 0.929. The lowest BCUT2D eigenvalue weighted by Gasteiger charge is -2.30. The van der Waals surface area contributed by atoms with E-state index in [-0.39, 0.29) is 5.91 Å². The lowest BCUT2D eigenvalue weighted by Crippen LogP contribution is -2.42. The van der Waals surface area contributed by atoms with Crippen molar-refractivity contribution in [2.75, 3.05) is 26.2 Å². The minimum atomic E-state index is -0.177. The van der Waals surface area contributed by atoms with Gasteiger partial charge in [-0.1, -0.05) is 12.8 Å². The average molecular weight is 253 g/mol. The average Bonchev–Trinajstić information content (AvgIpc) is 2.89. The first-order valence-corrected chi connectivity index (χ1v) is 7.49. The molecule has 1 aliphatic carbocycles. The maximum absolute atomic E-state index is 11.2. The Balaban J connectivity index is 1.78. The van der Waals surface area contributed by atoms with Crippen molar-refractivity contribution in [2.24, 2.45) is 11.7 Å². The number of rotatable bonds is 6. The molecule has 1 atom stereocenters. The van der Waals surface area contributed by atoms with Gasteiger partial charge >= 0.3 is 0 Å². The molecule has 0 bridgehead atoms.